The van der Waals surface area contributed by atoms with Crippen LogP contribution < -0.4 is 4.90 Å². The summed E-state index contributed by atoms with van der Waals surface area (Å²) in [7, 11) is -3.39. The van der Waals surface area contributed by atoms with Crippen LogP contribution in [-0.4, -0.2) is 40.5 Å². The molecule has 2 rings (SSSR count). The van der Waals surface area contributed by atoms with Crippen LogP contribution in [-0.2, 0) is 25.5 Å². The van der Waals surface area contributed by atoms with E-state index in [0.29, 0.717) is 19.6 Å². The van der Waals surface area contributed by atoms with Gasteiger partial charge in [0.2, 0.25) is 0 Å². The highest BCUT2D eigenvalue weighted by Crippen LogP contribution is 2.19. The summed E-state index contributed by atoms with van der Waals surface area (Å²) in [4.78, 5) is 12.9. The van der Waals surface area contributed by atoms with Gasteiger partial charge in [-0.2, -0.15) is 8.42 Å². The third-order valence-corrected chi connectivity index (χ3v) is 3.29. The van der Waals surface area contributed by atoms with E-state index in [1.165, 1.54) is 0 Å². The van der Waals surface area contributed by atoms with Gasteiger partial charge in [0.1, 0.15) is 6.61 Å². The van der Waals surface area contributed by atoms with Gasteiger partial charge >= 0.3 is 6.09 Å². The second-order valence-corrected chi connectivity index (χ2v) is 5.85. The van der Waals surface area contributed by atoms with Crippen LogP contribution in [0.5, 0.6) is 0 Å². The van der Waals surface area contributed by atoms with Crippen molar-refractivity contribution >= 4 is 21.9 Å². The average Bonchev–Trinajstić information content (AvgIpc) is 2.75. The second kappa shape index (κ2) is 5.58. The van der Waals surface area contributed by atoms with E-state index < -0.39 is 10.1 Å². The van der Waals surface area contributed by atoms with Gasteiger partial charge in [-0.15, -0.1) is 0 Å². The lowest BCUT2D eigenvalue weighted by molar-refractivity contribution is 0.181. The Morgan fingerprint density at radius 2 is 2.00 bits per heavy atom. The van der Waals surface area contributed by atoms with Gasteiger partial charge in [-0.25, -0.2) is 4.79 Å². The summed E-state index contributed by atoms with van der Waals surface area (Å²) in [6, 6.07) is 7.30. The molecule has 0 bridgehead atoms. The molecular formula is C12H15NO5S. The molecule has 1 aromatic rings. The Morgan fingerprint density at radius 1 is 1.32 bits per heavy atom. The molecule has 1 fully saturated rings. The zero-order valence-electron chi connectivity index (χ0n) is 10.5. The molecule has 1 saturated heterocycles. The number of rotatable bonds is 5. The zero-order chi connectivity index (χ0) is 13.9. The Kier molecular flexibility index (Phi) is 4.06. The Morgan fingerprint density at radius 3 is 2.53 bits per heavy atom. The Labute approximate surface area is 112 Å². The van der Waals surface area contributed by atoms with E-state index in [9.17, 15) is 13.2 Å². The lowest BCUT2D eigenvalue weighted by atomic mass is 10.1. The highest BCUT2D eigenvalue weighted by atomic mass is 32.2. The molecule has 1 amide bonds. The zero-order valence-corrected chi connectivity index (χ0v) is 11.4. The van der Waals surface area contributed by atoms with Crippen molar-refractivity contribution in [3.05, 3.63) is 29.8 Å². The second-order valence-electron chi connectivity index (χ2n) is 4.21. The van der Waals surface area contributed by atoms with E-state index in [1.54, 1.807) is 4.90 Å². The lowest BCUT2D eigenvalue weighted by Gasteiger charge is -2.12. The smallest absolute Gasteiger partial charge is 0.414 e. The van der Waals surface area contributed by atoms with Crippen LogP contribution in [0.15, 0.2) is 24.3 Å². The molecule has 0 unspecified atom stereocenters. The van der Waals surface area contributed by atoms with Gasteiger partial charge in [-0.05, 0) is 24.1 Å². The van der Waals surface area contributed by atoms with Crippen molar-refractivity contribution in [1.82, 2.24) is 0 Å². The van der Waals surface area contributed by atoms with Crippen LogP contribution >= 0.6 is 0 Å². The molecule has 1 aromatic carbocycles. The molecule has 0 aliphatic carbocycles. The van der Waals surface area contributed by atoms with Crippen molar-refractivity contribution in [2.45, 2.75) is 6.42 Å². The number of hydrogen-bond donors (Lipinski definition) is 0. The Hall–Kier alpha value is -1.60. The van der Waals surface area contributed by atoms with E-state index in [4.69, 9.17) is 4.74 Å². The predicted octanol–water partition coefficient (Wildman–Crippen LogP) is 1.16. The number of amides is 1. The van der Waals surface area contributed by atoms with Crippen LogP contribution in [0.1, 0.15) is 5.56 Å². The van der Waals surface area contributed by atoms with Crippen LogP contribution in [0.2, 0.25) is 0 Å². The summed E-state index contributed by atoms with van der Waals surface area (Å²) < 4.78 is 31.1. The van der Waals surface area contributed by atoms with Gasteiger partial charge in [-0.3, -0.25) is 9.08 Å². The third-order valence-electron chi connectivity index (χ3n) is 2.70. The fraction of sp³-hybridized carbons (Fsp3) is 0.417. The van der Waals surface area contributed by atoms with Gasteiger partial charge in [-0.1, -0.05) is 12.1 Å². The summed E-state index contributed by atoms with van der Waals surface area (Å²) in [5.74, 6) is 0. The minimum atomic E-state index is -3.39. The molecule has 0 aromatic heterocycles. The number of benzene rings is 1. The molecule has 0 spiro atoms. The van der Waals surface area contributed by atoms with E-state index in [-0.39, 0.29) is 12.7 Å². The summed E-state index contributed by atoms with van der Waals surface area (Å²) >= 11 is 0. The number of carbonyl (C=O) groups is 1. The van der Waals surface area contributed by atoms with E-state index in [0.717, 1.165) is 17.5 Å². The van der Waals surface area contributed by atoms with Crippen molar-refractivity contribution in [3.63, 3.8) is 0 Å². The summed E-state index contributed by atoms with van der Waals surface area (Å²) in [6.45, 7) is 1.07. The first-order valence-corrected chi connectivity index (χ1v) is 7.65. The quantitative estimate of drug-likeness (QED) is 0.759. The van der Waals surface area contributed by atoms with E-state index in [2.05, 4.69) is 4.18 Å². The first-order valence-electron chi connectivity index (χ1n) is 5.83. The van der Waals surface area contributed by atoms with Crippen molar-refractivity contribution in [2.75, 3.05) is 30.9 Å². The monoisotopic (exact) mass is 285 g/mol. The van der Waals surface area contributed by atoms with Crippen molar-refractivity contribution in [2.24, 2.45) is 0 Å². The molecule has 1 aliphatic heterocycles. The predicted molar refractivity (Wildman–Crippen MR) is 69.6 cm³/mol. The largest absolute Gasteiger partial charge is 0.447 e. The number of ether oxygens (including phenoxy) is 1. The Balaban J connectivity index is 1.93. The Bertz CT molecular complexity index is 552. The number of carbonyl (C=O) groups excluding carboxylic acids is 1. The molecule has 6 nitrogen and oxygen atoms in total. The van der Waals surface area contributed by atoms with E-state index >= 15 is 0 Å². The first kappa shape index (κ1) is 13.8. The van der Waals surface area contributed by atoms with Gasteiger partial charge in [0.15, 0.2) is 0 Å². The van der Waals surface area contributed by atoms with Crippen molar-refractivity contribution in [1.29, 1.82) is 0 Å². The van der Waals surface area contributed by atoms with Crippen molar-refractivity contribution < 1.29 is 22.1 Å². The number of cyclic esters (lactones) is 1. The highest BCUT2D eigenvalue weighted by Gasteiger charge is 2.23. The molecule has 104 valence electrons. The summed E-state index contributed by atoms with van der Waals surface area (Å²) in [5.41, 5.74) is 1.72. The number of anilines is 1. The maximum absolute atomic E-state index is 11.4. The summed E-state index contributed by atoms with van der Waals surface area (Å²) in [6.07, 6.45) is 1.18. The third kappa shape index (κ3) is 3.93. The minimum absolute atomic E-state index is 0.115. The maximum Gasteiger partial charge on any atom is 0.414 e. The molecule has 19 heavy (non-hydrogen) atoms. The topological polar surface area (TPSA) is 72.9 Å². The fourth-order valence-electron chi connectivity index (χ4n) is 1.78. The van der Waals surface area contributed by atoms with Gasteiger partial charge < -0.3 is 4.74 Å². The number of nitrogens with zero attached hydrogens (tertiary/aromatic N) is 1. The van der Waals surface area contributed by atoms with Gasteiger partial charge in [0.05, 0.1) is 19.4 Å². The average molecular weight is 285 g/mol. The fourth-order valence-corrected chi connectivity index (χ4v) is 2.17. The van der Waals surface area contributed by atoms with Crippen LogP contribution in [0.4, 0.5) is 10.5 Å². The lowest BCUT2D eigenvalue weighted by Crippen LogP contribution is -2.23. The molecule has 1 heterocycles. The van der Waals surface area contributed by atoms with Crippen LogP contribution in [0.3, 0.4) is 0 Å². The molecule has 0 saturated carbocycles. The van der Waals surface area contributed by atoms with Crippen molar-refractivity contribution in [3.8, 4) is 0 Å². The van der Waals surface area contributed by atoms with Crippen LogP contribution in [0, 0.1) is 0 Å². The normalized spacial score (nSPS) is 15.6. The first-order chi connectivity index (χ1) is 8.96. The van der Waals surface area contributed by atoms with Crippen LogP contribution in [0.25, 0.3) is 0 Å². The standard InChI is InChI=1S/C12H15NO5S/c1-19(15,16)18-8-6-10-2-4-11(5-3-10)13-7-9-17-12(13)14/h2-5H,6-9H2,1H3. The molecule has 1 aliphatic rings. The SMILES string of the molecule is CS(=O)(=O)OCCc1ccc(N2CCOC2=O)cc1. The van der Waals surface area contributed by atoms with Gasteiger partial charge in [0, 0.05) is 5.69 Å². The number of hydrogen-bond acceptors (Lipinski definition) is 5. The molecule has 0 N–H and O–H groups in total. The van der Waals surface area contributed by atoms with Gasteiger partial charge in [0.25, 0.3) is 10.1 Å². The molecule has 7 heteroatoms. The minimum Gasteiger partial charge on any atom is -0.447 e. The van der Waals surface area contributed by atoms with E-state index in [1.807, 2.05) is 24.3 Å². The maximum atomic E-state index is 11.4. The summed E-state index contributed by atoms with van der Waals surface area (Å²) in [5, 5.41) is 0. The molecule has 0 atom stereocenters. The molecular weight excluding hydrogens is 270 g/mol. The molecule has 0 radical (unpaired) electrons. The highest BCUT2D eigenvalue weighted by molar-refractivity contribution is 7.85.